The van der Waals surface area contributed by atoms with Crippen molar-refractivity contribution in [2.45, 2.75) is 18.9 Å². The number of nitrogens with one attached hydrogen (secondary N) is 1. The molecule has 0 spiro atoms. The van der Waals surface area contributed by atoms with E-state index >= 15 is 0 Å². The van der Waals surface area contributed by atoms with Gasteiger partial charge in [0.2, 0.25) is 0 Å². The highest BCUT2D eigenvalue weighted by molar-refractivity contribution is 6.30. The third-order valence-electron chi connectivity index (χ3n) is 4.30. The fraction of sp³-hybridized carbons (Fsp3) is 0.500. The maximum Gasteiger partial charge on any atom is 0.321 e. The number of amides is 2. The number of hydrogen-bond donors (Lipinski definition) is 2. The molecule has 1 aliphatic heterocycles. The summed E-state index contributed by atoms with van der Waals surface area (Å²) in [5.74, 6) is 1.07. The second kappa shape index (κ2) is 5.02. The predicted molar refractivity (Wildman–Crippen MR) is 76.2 cm³/mol. The average molecular weight is 280 g/mol. The molecule has 2 aliphatic rings. The van der Waals surface area contributed by atoms with Gasteiger partial charge in [0.05, 0.1) is 0 Å². The van der Waals surface area contributed by atoms with Crippen molar-refractivity contribution < 1.29 is 4.79 Å². The number of urea groups is 1. The number of carbonyl (C=O) groups is 1. The molecule has 3 rings (SSSR count). The molecule has 1 aliphatic carbocycles. The van der Waals surface area contributed by atoms with Gasteiger partial charge in [0.15, 0.2) is 0 Å². The van der Waals surface area contributed by atoms with Crippen molar-refractivity contribution in [2.24, 2.45) is 17.6 Å². The van der Waals surface area contributed by atoms with Crippen LogP contribution in [0.3, 0.4) is 0 Å². The zero-order valence-corrected chi connectivity index (χ0v) is 11.4. The van der Waals surface area contributed by atoms with E-state index in [1.54, 1.807) is 12.1 Å². The molecular formula is C14H18ClN3O. The van der Waals surface area contributed by atoms with E-state index in [2.05, 4.69) is 5.32 Å². The lowest BCUT2D eigenvalue weighted by Crippen LogP contribution is -2.36. The van der Waals surface area contributed by atoms with Gasteiger partial charge in [-0.25, -0.2) is 4.79 Å². The van der Waals surface area contributed by atoms with E-state index in [1.165, 1.54) is 0 Å². The van der Waals surface area contributed by atoms with Gasteiger partial charge < -0.3 is 16.0 Å². The molecule has 1 saturated carbocycles. The summed E-state index contributed by atoms with van der Waals surface area (Å²) < 4.78 is 0. The lowest BCUT2D eigenvalue weighted by Gasteiger charge is -2.19. The number of nitrogens with zero attached hydrogens (tertiary/aromatic N) is 1. The number of halogens is 1. The Morgan fingerprint density at radius 2 is 2.00 bits per heavy atom. The molecule has 0 radical (unpaired) electrons. The Bertz CT molecular complexity index is 476. The van der Waals surface area contributed by atoms with Gasteiger partial charge in [0, 0.05) is 29.8 Å². The van der Waals surface area contributed by atoms with Gasteiger partial charge in [-0.15, -0.1) is 0 Å². The van der Waals surface area contributed by atoms with Crippen molar-refractivity contribution in [3.63, 3.8) is 0 Å². The summed E-state index contributed by atoms with van der Waals surface area (Å²) in [6.45, 7) is 1.61. The second-order valence-corrected chi connectivity index (χ2v) is 5.94. The normalized spacial score (nSPS) is 29.4. The molecule has 4 nitrogen and oxygen atoms in total. The van der Waals surface area contributed by atoms with Crippen molar-refractivity contribution in [1.29, 1.82) is 0 Å². The van der Waals surface area contributed by atoms with Crippen LogP contribution in [0.5, 0.6) is 0 Å². The minimum atomic E-state index is -0.0380. The van der Waals surface area contributed by atoms with E-state index in [4.69, 9.17) is 17.3 Å². The minimum absolute atomic E-state index is 0.0380. The molecule has 19 heavy (non-hydrogen) atoms. The van der Waals surface area contributed by atoms with Gasteiger partial charge in [0.1, 0.15) is 0 Å². The van der Waals surface area contributed by atoms with Crippen LogP contribution in [-0.2, 0) is 0 Å². The first kappa shape index (κ1) is 12.8. The third kappa shape index (κ3) is 2.55. The molecule has 2 fully saturated rings. The molecule has 3 N–H and O–H groups in total. The van der Waals surface area contributed by atoms with Crippen LogP contribution in [-0.4, -0.2) is 30.1 Å². The van der Waals surface area contributed by atoms with Crippen molar-refractivity contribution >= 4 is 23.3 Å². The largest absolute Gasteiger partial charge is 0.327 e. The van der Waals surface area contributed by atoms with Crippen LogP contribution in [0.25, 0.3) is 0 Å². The average Bonchev–Trinajstić information content (AvgIpc) is 2.95. The van der Waals surface area contributed by atoms with E-state index in [-0.39, 0.29) is 12.1 Å². The summed E-state index contributed by atoms with van der Waals surface area (Å²) in [6, 6.07) is 7.38. The Labute approximate surface area is 117 Å². The molecule has 2 amide bonds. The smallest absolute Gasteiger partial charge is 0.321 e. The number of rotatable bonds is 1. The standard InChI is InChI=1S/C14H18ClN3O/c15-10-2-4-11(5-3-10)17-14(19)18-7-9-1-6-13(16)12(9)8-18/h2-5,9,12-13H,1,6-8,16H2,(H,17,19). The SMILES string of the molecule is NC1CCC2CN(C(=O)Nc3ccc(Cl)cc3)CC12. The summed E-state index contributed by atoms with van der Waals surface area (Å²) in [5.41, 5.74) is 6.85. The zero-order chi connectivity index (χ0) is 13.4. The first-order chi connectivity index (χ1) is 9.13. The third-order valence-corrected chi connectivity index (χ3v) is 4.55. The number of likely N-dealkylation sites (tertiary alicyclic amines) is 1. The quantitative estimate of drug-likeness (QED) is 0.830. The van der Waals surface area contributed by atoms with Crippen molar-refractivity contribution in [3.8, 4) is 0 Å². The summed E-state index contributed by atoms with van der Waals surface area (Å²) >= 11 is 5.82. The molecule has 3 atom stereocenters. The first-order valence-corrected chi connectivity index (χ1v) is 7.08. The molecule has 5 heteroatoms. The maximum absolute atomic E-state index is 12.2. The van der Waals surface area contributed by atoms with Gasteiger partial charge in [-0.05, 0) is 48.9 Å². The fourth-order valence-electron chi connectivity index (χ4n) is 3.21. The van der Waals surface area contributed by atoms with Gasteiger partial charge >= 0.3 is 6.03 Å². The number of fused-ring (bicyclic) bond motifs is 1. The van der Waals surface area contributed by atoms with E-state index in [9.17, 15) is 4.79 Å². The molecule has 0 bridgehead atoms. The molecule has 1 saturated heterocycles. The highest BCUT2D eigenvalue weighted by atomic mass is 35.5. The number of anilines is 1. The van der Waals surface area contributed by atoms with Gasteiger partial charge in [-0.1, -0.05) is 11.6 Å². The Hall–Kier alpha value is -1.26. The molecule has 0 aromatic heterocycles. The topological polar surface area (TPSA) is 58.4 Å². The lowest BCUT2D eigenvalue weighted by molar-refractivity contribution is 0.218. The second-order valence-electron chi connectivity index (χ2n) is 5.51. The summed E-state index contributed by atoms with van der Waals surface area (Å²) in [7, 11) is 0. The van der Waals surface area contributed by atoms with Crippen LogP contribution in [0.4, 0.5) is 10.5 Å². The number of nitrogens with two attached hydrogens (primary N) is 1. The molecule has 1 aromatic carbocycles. The molecular weight excluding hydrogens is 262 g/mol. The van der Waals surface area contributed by atoms with E-state index in [0.29, 0.717) is 16.9 Å². The lowest BCUT2D eigenvalue weighted by atomic mass is 9.98. The van der Waals surface area contributed by atoms with Gasteiger partial charge in [-0.2, -0.15) is 0 Å². The van der Waals surface area contributed by atoms with Crippen molar-refractivity contribution in [3.05, 3.63) is 29.3 Å². The van der Waals surface area contributed by atoms with Crippen LogP contribution in [0.15, 0.2) is 24.3 Å². The van der Waals surface area contributed by atoms with Crippen LogP contribution < -0.4 is 11.1 Å². The van der Waals surface area contributed by atoms with Crippen molar-refractivity contribution in [2.75, 3.05) is 18.4 Å². The monoisotopic (exact) mass is 279 g/mol. The van der Waals surface area contributed by atoms with Gasteiger partial charge in [0.25, 0.3) is 0 Å². The van der Waals surface area contributed by atoms with Crippen LogP contribution in [0, 0.1) is 11.8 Å². The summed E-state index contributed by atoms with van der Waals surface area (Å²) in [6.07, 6.45) is 2.25. The number of hydrogen-bond acceptors (Lipinski definition) is 2. The van der Waals surface area contributed by atoms with Crippen LogP contribution in [0.2, 0.25) is 5.02 Å². The Balaban J connectivity index is 1.61. The molecule has 3 unspecified atom stereocenters. The van der Waals surface area contributed by atoms with Crippen LogP contribution >= 0.6 is 11.6 Å². The van der Waals surface area contributed by atoms with Crippen molar-refractivity contribution in [1.82, 2.24) is 4.90 Å². The fourth-order valence-corrected chi connectivity index (χ4v) is 3.34. The number of benzene rings is 1. The maximum atomic E-state index is 12.2. The van der Waals surface area contributed by atoms with E-state index in [1.807, 2.05) is 17.0 Å². The minimum Gasteiger partial charge on any atom is -0.327 e. The highest BCUT2D eigenvalue weighted by Gasteiger charge is 2.42. The van der Waals surface area contributed by atoms with Gasteiger partial charge in [-0.3, -0.25) is 0 Å². The Morgan fingerprint density at radius 3 is 2.68 bits per heavy atom. The first-order valence-electron chi connectivity index (χ1n) is 6.70. The Morgan fingerprint density at radius 1 is 1.26 bits per heavy atom. The van der Waals surface area contributed by atoms with Crippen LogP contribution in [0.1, 0.15) is 12.8 Å². The van der Waals surface area contributed by atoms with E-state index in [0.717, 1.165) is 31.6 Å². The molecule has 102 valence electrons. The highest BCUT2D eigenvalue weighted by Crippen LogP contribution is 2.37. The predicted octanol–water partition coefficient (Wildman–Crippen LogP) is 2.54. The summed E-state index contributed by atoms with van der Waals surface area (Å²) in [4.78, 5) is 14.1. The molecule has 1 aromatic rings. The summed E-state index contributed by atoms with van der Waals surface area (Å²) in [5, 5.41) is 3.57. The Kier molecular flexibility index (Phi) is 3.37. The molecule has 1 heterocycles. The zero-order valence-electron chi connectivity index (χ0n) is 10.7. The van der Waals surface area contributed by atoms with E-state index < -0.39 is 0 Å². The number of carbonyl (C=O) groups excluding carboxylic acids is 1.